The van der Waals surface area contributed by atoms with Crippen molar-refractivity contribution in [1.82, 2.24) is 4.37 Å². The predicted octanol–water partition coefficient (Wildman–Crippen LogP) is 2.19. The van der Waals surface area contributed by atoms with Crippen LogP contribution >= 0.6 is 34.7 Å². The van der Waals surface area contributed by atoms with Crippen LogP contribution in [0.1, 0.15) is 5.69 Å². The predicted molar refractivity (Wildman–Crippen MR) is 51.0 cm³/mol. The second-order valence-corrected chi connectivity index (χ2v) is 4.02. The number of halogens is 2. The lowest BCUT2D eigenvalue weighted by atomic mass is 10.5. The van der Waals surface area contributed by atoms with E-state index < -0.39 is 10.7 Å². The molecule has 1 aromatic rings. The molecule has 0 radical (unpaired) electrons. The monoisotopic (exact) mass is 224 g/mol. The lowest BCUT2D eigenvalue weighted by Gasteiger charge is -1.99. The number of nitrogens with one attached hydrogen (secondary N) is 1. The number of hydrogen-bond donors (Lipinski definition) is 1. The molecule has 0 aliphatic carbocycles. The van der Waals surface area contributed by atoms with E-state index in [4.69, 9.17) is 23.2 Å². The standard InChI is InChI=1S/C6H6Cl2N2OS/c1-3-2-4(12-10-3)9-6(11)5(7)8/h2,5H,1H3,(H,9,11). The summed E-state index contributed by atoms with van der Waals surface area (Å²) >= 11 is 11.8. The Hall–Kier alpha value is -0.320. The van der Waals surface area contributed by atoms with Gasteiger partial charge in [0.25, 0.3) is 5.91 Å². The zero-order valence-corrected chi connectivity index (χ0v) is 8.50. The van der Waals surface area contributed by atoms with E-state index in [1.54, 1.807) is 6.07 Å². The molecule has 0 saturated heterocycles. The SMILES string of the molecule is Cc1cc(NC(=O)C(Cl)Cl)sn1. The normalized spacial score (nSPS) is 10.3. The van der Waals surface area contributed by atoms with Crippen LogP contribution in [0.25, 0.3) is 0 Å². The molecule has 0 spiro atoms. The summed E-state index contributed by atoms with van der Waals surface area (Å²) in [6.45, 7) is 1.84. The molecule has 1 aromatic heterocycles. The van der Waals surface area contributed by atoms with E-state index in [1.165, 1.54) is 11.5 Å². The van der Waals surface area contributed by atoms with Crippen molar-refractivity contribution < 1.29 is 4.79 Å². The minimum atomic E-state index is -1.03. The number of anilines is 1. The number of nitrogens with zero attached hydrogens (tertiary/aromatic N) is 1. The van der Waals surface area contributed by atoms with Crippen LogP contribution < -0.4 is 5.32 Å². The van der Waals surface area contributed by atoms with Gasteiger partial charge in [-0.15, -0.1) is 0 Å². The Morgan fingerprint density at radius 3 is 2.83 bits per heavy atom. The summed E-state index contributed by atoms with van der Waals surface area (Å²) < 4.78 is 3.97. The van der Waals surface area contributed by atoms with Gasteiger partial charge >= 0.3 is 0 Å². The van der Waals surface area contributed by atoms with Crippen LogP contribution in [0, 0.1) is 6.92 Å². The molecule has 3 nitrogen and oxygen atoms in total. The molecule has 1 N–H and O–H groups in total. The molecular weight excluding hydrogens is 219 g/mol. The molecule has 0 fully saturated rings. The van der Waals surface area contributed by atoms with Gasteiger partial charge in [0.1, 0.15) is 5.00 Å². The van der Waals surface area contributed by atoms with Crippen molar-refractivity contribution >= 4 is 45.6 Å². The topological polar surface area (TPSA) is 42.0 Å². The second-order valence-electron chi connectivity index (χ2n) is 2.12. The number of carbonyl (C=O) groups is 1. The lowest BCUT2D eigenvalue weighted by molar-refractivity contribution is -0.114. The fourth-order valence-corrected chi connectivity index (χ4v) is 1.37. The summed E-state index contributed by atoms with van der Waals surface area (Å²) in [4.78, 5) is 9.89. The first-order chi connectivity index (χ1) is 5.59. The molecular formula is C6H6Cl2N2OS. The van der Waals surface area contributed by atoms with Crippen molar-refractivity contribution in [3.63, 3.8) is 0 Å². The summed E-state index contributed by atoms with van der Waals surface area (Å²) in [6, 6.07) is 1.75. The average Bonchev–Trinajstić information content (AvgIpc) is 2.35. The Balaban J connectivity index is 2.58. The van der Waals surface area contributed by atoms with E-state index in [2.05, 4.69) is 9.69 Å². The molecule has 1 rings (SSSR count). The number of aromatic nitrogens is 1. The largest absolute Gasteiger partial charge is 0.314 e. The Morgan fingerprint density at radius 1 is 1.75 bits per heavy atom. The van der Waals surface area contributed by atoms with Gasteiger partial charge < -0.3 is 5.32 Å². The van der Waals surface area contributed by atoms with Crippen LogP contribution in [-0.2, 0) is 4.79 Å². The van der Waals surface area contributed by atoms with Gasteiger partial charge in [0.15, 0.2) is 4.84 Å². The smallest absolute Gasteiger partial charge is 0.258 e. The highest BCUT2D eigenvalue weighted by molar-refractivity contribution is 7.10. The van der Waals surface area contributed by atoms with Crippen LogP contribution in [-0.4, -0.2) is 15.1 Å². The molecule has 0 aliphatic rings. The van der Waals surface area contributed by atoms with Crippen molar-refractivity contribution in [3.8, 4) is 0 Å². The first-order valence-electron chi connectivity index (χ1n) is 3.12. The third-order valence-electron chi connectivity index (χ3n) is 1.07. The molecule has 1 amide bonds. The molecule has 1 heterocycles. The third kappa shape index (κ3) is 2.62. The molecule has 0 aliphatic heterocycles. The maximum Gasteiger partial charge on any atom is 0.258 e. The van der Waals surface area contributed by atoms with Gasteiger partial charge in [0.05, 0.1) is 5.69 Å². The minimum absolute atomic E-state index is 0.429. The maximum atomic E-state index is 10.9. The van der Waals surface area contributed by atoms with Crippen LogP contribution in [0.3, 0.4) is 0 Å². The van der Waals surface area contributed by atoms with Gasteiger partial charge in [-0.25, -0.2) is 0 Å². The van der Waals surface area contributed by atoms with Crippen molar-refractivity contribution in [1.29, 1.82) is 0 Å². The highest BCUT2D eigenvalue weighted by Gasteiger charge is 2.12. The van der Waals surface area contributed by atoms with Gasteiger partial charge in [-0.1, -0.05) is 23.2 Å². The zero-order chi connectivity index (χ0) is 9.14. The third-order valence-corrected chi connectivity index (χ3v) is 2.26. The molecule has 6 heteroatoms. The van der Waals surface area contributed by atoms with Crippen LogP contribution in [0.2, 0.25) is 0 Å². The Morgan fingerprint density at radius 2 is 2.42 bits per heavy atom. The maximum absolute atomic E-state index is 10.9. The van der Waals surface area contributed by atoms with E-state index >= 15 is 0 Å². The summed E-state index contributed by atoms with van der Waals surface area (Å²) in [5.74, 6) is -0.429. The van der Waals surface area contributed by atoms with E-state index in [9.17, 15) is 4.79 Å². The van der Waals surface area contributed by atoms with Crippen LogP contribution in [0.5, 0.6) is 0 Å². The first-order valence-corrected chi connectivity index (χ1v) is 4.76. The fraction of sp³-hybridized carbons (Fsp3) is 0.333. The molecule has 0 bridgehead atoms. The van der Waals surface area contributed by atoms with E-state index in [1.807, 2.05) is 6.92 Å². The highest BCUT2D eigenvalue weighted by Crippen LogP contribution is 2.16. The quantitative estimate of drug-likeness (QED) is 0.784. The molecule has 66 valence electrons. The van der Waals surface area contributed by atoms with Crippen molar-refractivity contribution in [2.75, 3.05) is 5.32 Å². The van der Waals surface area contributed by atoms with Crippen molar-refractivity contribution in [2.45, 2.75) is 11.8 Å². The fourth-order valence-electron chi connectivity index (χ4n) is 0.598. The van der Waals surface area contributed by atoms with Gasteiger partial charge in [-0.05, 0) is 24.5 Å². The number of amides is 1. The summed E-state index contributed by atoms with van der Waals surface area (Å²) in [5, 5.41) is 3.17. The van der Waals surface area contributed by atoms with E-state index in [-0.39, 0.29) is 0 Å². The number of aryl methyl sites for hydroxylation is 1. The summed E-state index contributed by atoms with van der Waals surface area (Å²) in [5.41, 5.74) is 0.857. The Labute approximate surface area is 83.8 Å². The van der Waals surface area contributed by atoms with Crippen LogP contribution in [0.4, 0.5) is 5.00 Å². The molecule has 0 saturated carbocycles. The molecule has 0 atom stereocenters. The van der Waals surface area contributed by atoms with Gasteiger partial charge in [-0.2, -0.15) is 4.37 Å². The van der Waals surface area contributed by atoms with Crippen LogP contribution in [0.15, 0.2) is 6.07 Å². The summed E-state index contributed by atoms with van der Waals surface area (Å²) in [6.07, 6.45) is 0. The van der Waals surface area contributed by atoms with Gasteiger partial charge in [-0.3, -0.25) is 4.79 Å². The molecule has 0 aromatic carbocycles. The molecule has 0 unspecified atom stereocenters. The van der Waals surface area contributed by atoms with Gasteiger partial charge in [0, 0.05) is 0 Å². The Bertz CT molecular complexity index is 287. The van der Waals surface area contributed by atoms with Crippen molar-refractivity contribution in [3.05, 3.63) is 11.8 Å². The lowest BCUT2D eigenvalue weighted by Crippen LogP contribution is -2.17. The number of carbonyl (C=O) groups excluding carboxylic acids is 1. The number of hydrogen-bond acceptors (Lipinski definition) is 3. The Kier molecular flexibility index (Phi) is 3.31. The zero-order valence-electron chi connectivity index (χ0n) is 6.17. The highest BCUT2D eigenvalue weighted by atomic mass is 35.5. The van der Waals surface area contributed by atoms with E-state index in [0.717, 1.165) is 5.69 Å². The summed E-state index contributed by atoms with van der Waals surface area (Å²) in [7, 11) is 0. The van der Waals surface area contributed by atoms with E-state index in [0.29, 0.717) is 5.00 Å². The average molecular weight is 225 g/mol. The number of alkyl halides is 2. The van der Waals surface area contributed by atoms with Gasteiger partial charge in [0.2, 0.25) is 0 Å². The number of rotatable bonds is 2. The molecule has 12 heavy (non-hydrogen) atoms. The van der Waals surface area contributed by atoms with Crippen molar-refractivity contribution in [2.24, 2.45) is 0 Å². The second kappa shape index (κ2) is 4.07. The minimum Gasteiger partial charge on any atom is -0.314 e. The first kappa shape index (κ1) is 9.77.